The molecular formula is C24H22F4N4O3. The minimum absolute atomic E-state index is 0.0136. The fraction of sp³-hybridized carbons (Fsp3) is 0.333. The van der Waals surface area contributed by atoms with E-state index in [-0.39, 0.29) is 46.6 Å². The summed E-state index contributed by atoms with van der Waals surface area (Å²) >= 11 is 0. The molecule has 1 amide bonds. The molecule has 2 aromatic heterocycles. The standard InChI is InChI=1S/C24H22F4N4O3/c1-13(2)35-23-30-10-14(11-31-23)22(33)32-20-16(17-9-15(25)3-4-18(17)26)6-8-29-21(20)19-5-7-24(27,28)12-34-19/h3-4,6,8-11,13,19H,5,7,12H2,1-2H3,(H,32,33). The maximum Gasteiger partial charge on any atom is 0.316 e. The molecule has 4 rings (SSSR count). The molecule has 1 aromatic carbocycles. The molecule has 1 unspecified atom stereocenters. The van der Waals surface area contributed by atoms with Gasteiger partial charge in [0.15, 0.2) is 0 Å². The summed E-state index contributed by atoms with van der Waals surface area (Å²) in [6, 6.07) is 4.36. The number of rotatable bonds is 6. The summed E-state index contributed by atoms with van der Waals surface area (Å²) in [5.74, 6) is -5.09. The van der Waals surface area contributed by atoms with Crippen LogP contribution in [0.2, 0.25) is 0 Å². The highest BCUT2D eigenvalue weighted by molar-refractivity contribution is 6.06. The van der Waals surface area contributed by atoms with Crippen molar-refractivity contribution in [1.82, 2.24) is 15.0 Å². The Labute approximate surface area is 198 Å². The van der Waals surface area contributed by atoms with Crippen molar-refractivity contribution in [3.63, 3.8) is 0 Å². The first-order valence-corrected chi connectivity index (χ1v) is 10.9. The van der Waals surface area contributed by atoms with Crippen LogP contribution in [0, 0.1) is 11.6 Å². The maximum atomic E-state index is 14.7. The van der Waals surface area contributed by atoms with Crippen LogP contribution in [0.25, 0.3) is 11.1 Å². The highest BCUT2D eigenvalue weighted by Crippen LogP contribution is 2.41. The Morgan fingerprint density at radius 1 is 1.14 bits per heavy atom. The van der Waals surface area contributed by atoms with E-state index < -0.39 is 42.6 Å². The van der Waals surface area contributed by atoms with E-state index in [1.807, 2.05) is 0 Å². The molecule has 1 saturated heterocycles. The predicted octanol–water partition coefficient (Wildman–Crippen LogP) is 5.34. The summed E-state index contributed by atoms with van der Waals surface area (Å²) in [6.07, 6.45) is 2.23. The molecule has 7 nitrogen and oxygen atoms in total. The molecule has 3 aromatic rings. The number of carbonyl (C=O) groups excluding carboxylic acids is 1. The van der Waals surface area contributed by atoms with Crippen molar-refractivity contribution in [2.45, 2.75) is 44.8 Å². The predicted molar refractivity (Wildman–Crippen MR) is 118 cm³/mol. The quantitative estimate of drug-likeness (QED) is 0.470. The number of ether oxygens (including phenoxy) is 2. The van der Waals surface area contributed by atoms with Crippen LogP contribution >= 0.6 is 0 Å². The number of nitrogens with zero attached hydrogens (tertiary/aromatic N) is 3. The molecule has 0 saturated carbocycles. The van der Waals surface area contributed by atoms with Gasteiger partial charge in [-0.1, -0.05) is 0 Å². The van der Waals surface area contributed by atoms with Crippen molar-refractivity contribution in [2.24, 2.45) is 0 Å². The van der Waals surface area contributed by atoms with Gasteiger partial charge in [0.25, 0.3) is 11.8 Å². The summed E-state index contributed by atoms with van der Waals surface area (Å²) in [5, 5.41) is 2.64. The van der Waals surface area contributed by atoms with E-state index in [4.69, 9.17) is 9.47 Å². The second-order valence-corrected chi connectivity index (χ2v) is 8.31. The molecule has 0 aliphatic carbocycles. The fourth-order valence-electron chi connectivity index (χ4n) is 3.61. The number of pyridine rings is 1. The number of halogens is 4. The number of carbonyl (C=O) groups is 1. The Morgan fingerprint density at radius 3 is 2.54 bits per heavy atom. The molecule has 1 atom stereocenters. The van der Waals surface area contributed by atoms with E-state index in [9.17, 15) is 22.4 Å². The number of hydrogen-bond acceptors (Lipinski definition) is 6. The van der Waals surface area contributed by atoms with E-state index in [2.05, 4.69) is 20.3 Å². The zero-order valence-corrected chi connectivity index (χ0v) is 18.9. The molecule has 0 radical (unpaired) electrons. The second-order valence-electron chi connectivity index (χ2n) is 8.31. The summed E-state index contributed by atoms with van der Waals surface area (Å²) in [6.45, 7) is 2.77. The van der Waals surface area contributed by atoms with Crippen LogP contribution in [-0.2, 0) is 4.74 Å². The Kier molecular flexibility index (Phi) is 6.97. The third kappa shape index (κ3) is 5.73. The number of nitrogens with one attached hydrogen (secondary N) is 1. The van der Waals surface area contributed by atoms with Gasteiger partial charge in [-0.2, -0.15) is 0 Å². The smallest absolute Gasteiger partial charge is 0.316 e. The van der Waals surface area contributed by atoms with Gasteiger partial charge in [-0.15, -0.1) is 0 Å². The molecule has 1 N–H and O–H groups in total. The number of anilines is 1. The topological polar surface area (TPSA) is 86.2 Å². The van der Waals surface area contributed by atoms with Crippen LogP contribution in [-0.4, -0.2) is 39.5 Å². The van der Waals surface area contributed by atoms with Gasteiger partial charge >= 0.3 is 6.01 Å². The van der Waals surface area contributed by atoms with E-state index in [0.717, 1.165) is 18.2 Å². The lowest BCUT2D eigenvalue weighted by atomic mass is 9.97. The normalized spacial score (nSPS) is 17.3. The second kappa shape index (κ2) is 9.95. The lowest BCUT2D eigenvalue weighted by Crippen LogP contribution is -2.31. The van der Waals surface area contributed by atoms with Crippen LogP contribution in [0.5, 0.6) is 6.01 Å². The van der Waals surface area contributed by atoms with E-state index in [1.165, 1.54) is 24.7 Å². The van der Waals surface area contributed by atoms with Gasteiger partial charge in [-0.05, 0) is 44.5 Å². The molecule has 1 aliphatic rings. The van der Waals surface area contributed by atoms with Gasteiger partial charge < -0.3 is 14.8 Å². The van der Waals surface area contributed by atoms with Crippen molar-refractivity contribution in [3.05, 3.63) is 65.7 Å². The third-order valence-corrected chi connectivity index (χ3v) is 5.24. The van der Waals surface area contributed by atoms with E-state index in [0.29, 0.717) is 0 Å². The molecule has 184 valence electrons. The van der Waals surface area contributed by atoms with Crippen molar-refractivity contribution in [2.75, 3.05) is 11.9 Å². The average Bonchev–Trinajstić information content (AvgIpc) is 2.81. The maximum absolute atomic E-state index is 14.7. The minimum atomic E-state index is -2.98. The minimum Gasteiger partial charge on any atom is -0.461 e. The molecule has 1 aliphatic heterocycles. The molecule has 1 fully saturated rings. The van der Waals surface area contributed by atoms with Gasteiger partial charge in [-0.25, -0.2) is 27.5 Å². The van der Waals surface area contributed by atoms with Crippen molar-refractivity contribution in [3.8, 4) is 17.1 Å². The monoisotopic (exact) mass is 490 g/mol. The first kappa shape index (κ1) is 24.5. The molecule has 0 bridgehead atoms. The lowest BCUT2D eigenvalue weighted by molar-refractivity contribution is -0.146. The van der Waals surface area contributed by atoms with Crippen LogP contribution < -0.4 is 10.1 Å². The van der Waals surface area contributed by atoms with Crippen LogP contribution in [0.4, 0.5) is 23.2 Å². The molecular weight excluding hydrogens is 468 g/mol. The molecule has 11 heteroatoms. The Hall–Kier alpha value is -3.60. The summed E-state index contributed by atoms with van der Waals surface area (Å²) in [5.41, 5.74) is 0.164. The van der Waals surface area contributed by atoms with Gasteiger partial charge in [0.2, 0.25) is 0 Å². The molecule has 3 heterocycles. The Bertz CT molecular complexity index is 1210. The first-order valence-electron chi connectivity index (χ1n) is 10.9. The van der Waals surface area contributed by atoms with Crippen molar-refractivity contribution >= 4 is 11.6 Å². The van der Waals surface area contributed by atoms with Gasteiger partial charge in [-0.3, -0.25) is 9.78 Å². The van der Waals surface area contributed by atoms with E-state index in [1.54, 1.807) is 13.8 Å². The Morgan fingerprint density at radius 2 is 1.89 bits per heavy atom. The number of hydrogen-bond donors (Lipinski definition) is 1. The summed E-state index contributed by atoms with van der Waals surface area (Å²) in [4.78, 5) is 25.2. The summed E-state index contributed by atoms with van der Waals surface area (Å²) < 4.78 is 66.6. The Balaban J connectivity index is 1.72. The molecule has 0 spiro atoms. The first-order chi connectivity index (χ1) is 16.6. The lowest BCUT2D eigenvalue weighted by Gasteiger charge is -2.30. The number of alkyl halides is 2. The number of benzene rings is 1. The fourth-order valence-corrected chi connectivity index (χ4v) is 3.61. The van der Waals surface area contributed by atoms with Crippen molar-refractivity contribution in [1.29, 1.82) is 0 Å². The molecule has 35 heavy (non-hydrogen) atoms. The van der Waals surface area contributed by atoms with Crippen molar-refractivity contribution < 1.29 is 31.8 Å². The highest BCUT2D eigenvalue weighted by Gasteiger charge is 2.38. The highest BCUT2D eigenvalue weighted by atomic mass is 19.3. The van der Waals surface area contributed by atoms with Crippen LogP contribution in [0.3, 0.4) is 0 Å². The van der Waals surface area contributed by atoms with Crippen LogP contribution in [0.1, 0.15) is 48.8 Å². The zero-order chi connectivity index (χ0) is 25.2. The third-order valence-electron chi connectivity index (χ3n) is 5.24. The summed E-state index contributed by atoms with van der Waals surface area (Å²) in [7, 11) is 0. The largest absolute Gasteiger partial charge is 0.461 e. The van der Waals surface area contributed by atoms with Gasteiger partial charge in [0.1, 0.15) is 24.3 Å². The number of aromatic nitrogens is 3. The van der Waals surface area contributed by atoms with E-state index >= 15 is 0 Å². The van der Waals surface area contributed by atoms with Gasteiger partial charge in [0, 0.05) is 36.1 Å². The number of amides is 1. The average molecular weight is 490 g/mol. The SMILES string of the molecule is CC(C)Oc1ncc(C(=O)Nc2c(-c3cc(F)ccc3F)ccnc2C2CCC(F)(F)CO2)cn1. The van der Waals surface area contributed by atoms with Crippen LogP contribution in [0.15, 0.2) is 42.9 Å². The zero-order valence-electron chi connectivity index (χ0n) is 18.9. The van der Waals surface area contributed by atoms with Gasteiger partial charge in [0.05, 0.1) is 23.0 Å².